The molecule has 3 N–H and O–H groups in total. The number of oxime groups is 1. The minimum absolute atomic E-state index is 0. The highest BCUT2D eigenvalue weighted by Crippen LogP contribution is 2.64. The molecular formula is C21H33ClN2O4. The van der Waals surface area contributed by atoms with Crippen LogP contribution in [0.3, 0.4) is 0 Å². The number of nitrogens with two attached hydrogens (primary N) is 1. The molecule has 4 rings (SSSR count). The zero-order chi connectivity index (χ0) is 19.4. The lowest BCUT2D eigenvalue weighted by Crippen LogP contribution is -2.57. The van der Waals surface area contributed by atoms with E-state index in [4.69, 9.17) is 10.5 Å². The topological polar surface area (TPSA) is 102 Å². The summed E-state index contributed by atoms with van der Waals surface area (Å²) in [5.74, 6) is 1.57. The van der Waals surface area contributed by atoms with Gasteiger partial charge in [0.1, 0.15) is 11.9 Å². The monoisotopic (exact) mass is 412 g/mol. The molecular weight excluding hydrogens is 380 g/mol. The Hall–Kier alpha value is -1.14. The number of hydrogen-bond donors (Lipinski definition) is 2. The Labute approximate surface area is 173 Å². The summed E-state index contributed by atoms with van der Waals surface area (Å²) < 4.78 is 5.52. The van der Waals surface area contributed by atoms with Gasteiger partial charge in [-0.1, -0.05) is 19.0 Å². The third kappa shape index (κ3) is 3.07. The Morgan fingerprint density at radius 1 is 1.25 bits per heavy atom. The number of halogens is 1. The molecule has 0 aromatic rings. The van der Waals surface area contributed by atoms with Gasteiger partial charge >= 0.3 is 5.97 Å². The number of ketones is 1. The number of Topliss-reactive ketones (excluding diaryl/α,β-unsaturated/α-hetero) is 1. The number of rotatable bonds is 2. The van der Waals surface area contributed by atoms with Crippen LogP contribution < -0.4 is 5.73 Å². The maximum absolute atomic E-state index is 12.6. The number of hydrogen-bond acceptors (Lipinski definition) is 6. The molecule has 28 heavy (non-hydrogen) atoms. The maximum Gasteiger partial charge on any atom is 0.319 e. The molecule has 6 nitrogen and oxygen atoms in total. The molecule has 7 atom stereocenters. The highest BCUT2D eigenvalue weighted by atomic mass is 35.5. The van der Waals surface area contributed by atoms with Crippen molar-refractivity contribution in [2.75, 3.05) is 6.54 Å². The second kappa shape index (κ2) is 7.60. The summed E-state index contributed by atoms with van der Waals surface area (Å²) in [5.41, 5.74) is 6.10. The van der Waals surface area contributed by atoms with Crippen LogP contribution in [-0.2, 0) is 14.3 Å². The van der Waals surface area contributed by atoms with E-state index in [1.807, 2.05) is 0 Å². The second-order valence-electron chi connectivity index (χ2n) is 9.74. The molecule has 1 unspecified atom stereocenters. The van der Waals surface area contributed by atoms with Crippen molar-refractivity contribution >= 4 is 29.9 Å². The molecule has 0 bridgehead atoms. The molecule has 4 aliphatic rings. The second-order valence-corrected chi connectivity index (χ2v) is 9.74. The predicted molar refractivity (Wildman–Crippen MR) is 108 cm³/mol. The van der Waals surface area contributed by atoms with Crippen LogP contribution in [0, 0.1) is 34.5 Å². The average Bonchev–Trinajstić information content (AvgIpc) is 2.96. The highest BCUT2D eigenvalue weighted by Gasteiger charge is 2.62. The van der Waals surface area contributed by atoms with Gasteiger partial charge in [0.2, 0.25) is 0 Å². The number of esters is 1. The van der Waals surface area contributed by atoms with Crippen LogP contribution in [0.5, 0.6) is 0 Å². The summed E-state index contributed by atoms with van der Waals surface area (Å²) >= 11 is 0. The van der Waals surface area contributed by atoms with E-state index in [0.717, 1.165) is 44.2 Å². The number of carbonyl (C=O) groups excluding carboxylic acids is 2. The lowest BCUT2D eigenvalue weighted by molar-refractivity contribution is -0.154. The first kappa shape index (κ1) is 21.6. The van der Waals surface area contributed by atoms with Crippen molar-refractivity contribution in [1.29, 1.82) is 0 Å². The van der Waals surface area contributed by atoms with E-state index in [9.17, 15) is 14.8 Å². The van der Waals surface area contributed by atoms with Crippen molar-refractivity contribution in [2.45, 2.75) is 71.3 Å². The van der Waals surface area contributed by atoms with Gasteiger partial charge in [-0.25, -0.2) is 0 Å². The SMILES string of the molecule is C[C@]12CC[C@H](OC(=O)CN)CC1/C(=N/O)C[C@@H]1[C@@H]2CC[C@]2(C)C(=O)CC[C@@H]12.Cl. The highest BCUT2D eigenvalue weighted by molar-refractivity contribution is 5.90. The summed E-state index contributed by atoms with van der Waals surface area (Å²) in [5, 5.41) is 13.5. The molecule has 158 valence electrons. The van der Waals surface area contributed by atoms with Gasteiger partial charge in [-0.15, -0.1) is 12.4 Å². The predicted octanol–water partition coefficient (Wildman–Crippen LogP) is 3.33. The molecule has 0 amide bonds. The Morgan fingerprint density at radius 2 is 2.00 bits per heavy atom. The Balaban J connectivity index is 0.00000225. The lowest BCUT2D eigenvalue weighted by Gasteiger charge is -2.60. The van der Waals surface area contributed by atoms with Gasteiger partial charge in [-0.2, -0.15) is 0 Å². The molecule has 7 heteroatoms. The van der Waals surface area contributed by atoms with Gasteiger partial charge in [0.25, 0.3) is 0 Å². The molecule has 0 heterocycles. The largest absolute Gasteiger partial charge is 0.461 e. The number of fused-ring (bicyclic) bond motifs is 5. The molecule has 4 saturated carbocycles. The van der Waals surface area contributed by atoms with Crippen LogP contribution in [-0.4, -0.2) is 35.3 Å². The summed E-state index contributed by atoms with van der Waals surface area (Å²) in [6.45, 7) is 4.40. The third-order valence-corrected chi connectivity index (χ3v) is 8.73. The van der Waals surface area contributed by atoms with Gasteiger partial charge in [0, 0.05) is 17.8 Å². The minimum atomic E-state index is -0.363. The Morgan fingerprint density at radius 3 is 2.68 bits per heavy atom. The first-order valence-corrected chi connectivity index (χ1v) is 10.5. The van der Waals surface area contributed by atoms with E-state index in [-0.39, 0.29) is 47.8 Å². The zero-order valence-corrected chi connectivity index (χ0v) is 17.7. The molecule has 0 spiro atoms. The van der Waals surface area contributed by atoms with Crippen LogP contribution in [0.1, 0.15) is 65.2 Å². The van der Waals surface area contributed by atoms with Gasteiger partial charge in [-0.05, 0) is 68.1 Å². The van der Waals surface area contributed by atoms with E-state index in [1.54, 1.807) is 0 Å². The first-order chi connectivity index (χ1) is 12.8. The van der Waals surface area contributed by atoms with E-state index in [1.165, 1.54) is 0 Å². The summed E-state index contributed by atoms with van der Waals surface area (Å²) in [4.78, 5) is 24.2. The average molecular weight is 413 g/mol. The van der Waals surface area contributed by atoms with Crippen LogP contribution in [0.15, 0.2) is 5.16 Å². The van der Waals surface area contributed by atoms with Crippen LogP contribution in [0.2, 0.25) is 0 Å². The maximum atomic E-state index is 12.6. The van der Waals surface area contributed by atoms with Crippen molar-refractivity contribution < 1.29 is 19.5 Å². The van der Waals surface area contributed by atoms with E-state index in [0.29, 0.717) is 36.4 Å². The van der Waals surface area contributed by atoms with Crippen molar-refractivity contribution in [3.63, 3.8) is 0 Å². The molecule has 0 aromatic heterocycles. The van der Waals surface area contributed by atoms with Gasteiger partial charge in [0.05, 0.1) is 12.3 Å². The van der Waals surface area contributed by atoms with E-state index in [2.05, 4.69) is 19.0 Å². The van der Waals surface area contributed by atoms with E-state index >= 15 is 0 Å². The normalized spacial score (nSPS) is 46.2. The summed E-state index contributed by atoms with van der Waals surface area (Å²) in [7, 11) is 0. The minimum Gasteiger partial charge on any atom is -0.461 e. The molecule has 0 saturated heterocycles. The quantitative estimate of drug-likeness (QED) is 0.411. The fourth-order valence-corrected chi connectivity index (χ4v) is 7.25. The number of nitrogens with zero attached hydrogens (tertiary/aromatic N) is 1. The standard InChI is InChI=1S/C21H32N2O4.ClH/c1-20-7-5-12(27-19(25)11-22)9-16(20)17(23-26)10-13-14-3-4-18(24)21(14,2)8-6-15(13)20;/h12-16,26H,3-11,22H2,1-2H3;1H/b23-17+;/t12-,13-,14-,15-,16?,20+,21-;/m0./s1. The van der Waals surface area contributed by atoms with Crippen molar-refractivity contribution in [3.05, 3.63) is 0 Å². The van der Waals surface area contributed by atoms with Crippen LogP contribution in [0.4, 0.5) is 0 Å². The lowest BCUT2D eigenvalue weighted by atomic mass is 9.44. The third-order valence-electron chi connectivity index (χ3n) is 8.73. The fraction of sp³-hybridized carbons (Fsp3) is 0.857. The van der Waals surface area contributed by atoms with Crippen LogP contribution in [0.25, 0.3) is 0 Å². The van der Waals surface area contributed by atoms with E-state index < -0.39 is 0 Å². The van der Waals surface area contributed by atoms with Gasteiger partial charge in [-0.3, -0.25) is 9.59 Å². The molecule has 4 aliphatic carbocycles. The number of carbonyl (C=O) groups is 2. The first-order valence-electron chi connectivity index (χ1n) is 10.5. The van der Waals surface area contributed by atoms with Gasteiger partial charge < -0.3 is 15.7 Å². The van der Waals surface area contributed by atoms with Gasteiger partial charge in [0.15, 0.2) is 0 Å². The molecule has 4 fully saturated rings. The van der Waals surface area contributed by atoms with Crippen molar-refractivity contribution in [3.8, 4) is 0 Å². The summed E-state index contributed by atoms with van der Waals surface area (Å²) in [6, 6.07) is 0. The molecule has 0 aromatic carbocycles. The zero-order valence-electron chi connectivity index (χ0n) is 16.9. The molecule has 0 radical (unpaired) electrons. The smallest absolute Gasteiger partial charge is 0.319 e. The fourth-order valence-electron chi connectivity index (χ4n) is 7.25. The Kier molecular flexibility index (Phi) is 5.85. The van der Waals surface area contributed by atoms with Crippen molar-refractivity contribution in [2.24, 2.45) is 45.4 Å². The van der Waals surface area contributed by atoms with Crippen LogP contribution >= 0.6 is 12.4 Å². The Bertz CT molecular complexity index is 683. The van der Waals surface area contributed by atoms with Crippen molar-refractivity contribution in [1.82, 2.24) is 0 Å². The summed E-state index contributed by atoms with van der Waals surface area (Å²) in [6.07, 6.45) is 6.87. The number of ether oxygens (including phenoxy) is 1. The molecule has 0 aliphatic heterocycles.